The van der Waals surface area contributed by atoms with Gasteiger partial charge in [0.15, 0.2) is 11.5 Å². The smallest absolute Gasteiger partial charge is 0.258 e. The van der Waals surface area contributed by atoms with Crippen molar-refractivity contribution in [2.24, 2.45) is 5.92 Å². The molecule has 2 aromatic carbocycles. The molecule has 1 saturated heterocycles. The Morgan fingerprint density at radius 3 is 2.24 bits per heavy atom. The molecular formula is C26H33NO6. The van der Waals surface area contributed by atoms with E-state index in [9.17, 15) is 9.90 Å². The van der Waals surface area contributed by atoms with Gasteiger partial charge in [0.05, 0.1) is 45.6 Å². The van der Waals surface area contributed by atoms with Crippen molar-refractivity contribution in [2.75, 3.05) is 35.0 Å². The van der Waals surface area contributed by atoms with Crippen LogP contribution in [0, 0.1) is 5.92 Å². The maximum Gasteiger partial charge on any atom is 0.258 e. The van der Waals surface area contributed by atoms with E-state index in [1.807, 2.05) is 29.2 Å². The lowest BCUT2D eigenvalue weighted by atomic mass is 9.66. The molecule has 1 aliphatic carbocycles. The molecule has 7 heteroatoms. The minimum Gasteiger partial charge on any atom is -0.496 e. The molecule has 0 aromatic heterocycles. The zero-order chi connectivity index (χ0) is 23.6. The van der Waals surface area contributed by atoms with Crippen molar-refractivity contribution < 1.29 is 28.8 Å². The second-order valence-corrected chi connectivity index (χ2v) is 8.81. The summed E-state index contributed by atoms with van der Waals surface area (Å²) in [7, 11) is 6.30. The fourth-order valence-corrected chi connectivity index (χ4v) is 5.57. The third-order valence-corrected chi connectivity index (χ3v) is 7.19. The Labute approximate surface area is 195 Å². The highest BCUT2D eigenvalue weighted by Gasteiger charge is 2.50. The molecule has 0 spiro atoms. The van der Waals surface area contributed by atoms with Gasteiger partial charge in [-0.1, -0.05) is 25.0 Å². The number of carbonyl (C=O) groups is 1. The lowest BCUT2D eigenvalue weighted by molar-refractivity contribution is -0.115. The molecular weight excluding hydrogens is 422 g/mol. The van der Waals surface area contributed by atoms with Crippen LogP contribution in [0.4, 0.5) is 0 Å². The molecule has 2 aliphatic rings. The third kappa shape index (κ3) is 4.10. The van der Waals surface area contributed by atoms with Crippen LogP contribution in [0.15, 0.2) is 36.4 Å². The molecule has 178 valence electrons. The number of para-hydroxylation sites is 1. The lowest BCUT2D eigenvalue weighted by Gasteiger charge is -2.52. The van der Waals surface area contributed by atoms with Crippen LogP contribution in [0.5, 0.6) is 23.0 Å². The average molecular weight is 456 g/mol. The fraction of sp³-hybridized carbons (Fsp3) is 0.500. The lowest BCUT2D eigenvalue weighted by Crippen LogP contribution is -2.56. The van der Waals surface area contributed by atoms with Crippen LogP contribution in [0.2, 0.25) is 0 Å². The number of aliphatic hydroxyl groups is 1. The molecule has 3 unspecified atom stereocenters. The van der Waals surface area contributed by atoms with E-state index in [0.717, 1.165) is 31.2 Å². The van der Waals surface area contributed by atoms with Crippen LogP contribution in [-0.4, -0.2) is 56.5 Å². The topological polar surface area (TPSA) is 77.5 Å². The van der Waals surface area contributed by atoms with Crippen molar-refractivity contribution in [1.29, 1.82) is 0 Å². The van der Waals surface area contributed by atoms with Gasteiger partial charge < -0.3 is 29.0 Å². The zero-order valence-corrected chi connectivity index (χ0v) is 19.8. The Morgan fingerprint density at radius 1 is 0.939 bits per heavy atom. The van der Waals surface area contributed by atoms with E-state index < -0.39 is 5.60 Å². The van der Waals surface area contributed by atoms with Crippen LogP contribution >= 0.6 is 0 Å². The van der Waals surface area contributed by atoms with Crippen LogP contribution in [0.25, 0.3) is 0 Å². The summed E-state index contributed by atoms with van der Waals surface area (Å²) in [6, 6.07) is 10.7. The van der Waals surface area contributed by atoms with Gasteiger partial charge in [-0.25, -0.2) is 0 Å². The molecule has 0 radical (unpaired) electrons. The number of fused-ring (bicyclic) bond motifs is 1. The van der Waals surface area contributed by atoms with E-state index in [0.29, 0.717) is 41.5 Å². The molecule has 3 atom stereocenters. The minimum atomic E-state index is -0.805. The van der Waals surface area contributed by atoms with Gasteiger partial charge >= 0.3 is 0 Å². The molecule has 4 rings (SSSR count). The van der Waals surface area contributed by atoms with Crippen molar-refractivity contribution in [3.05, 3.63) is 47.5 Å². The first-order valence-corrected chi connectivity index (χ1v) is 11.4. The van der Waals surface area contributed by atoms with Crippen molar-refractivity contribution >= 4 is 5.91 Å². The van der Waals surface area contributed by atoms with E-state index in [1.54, 1.807) is 40.6 Å². The molecule has 1 saturated carbocycles. The summed E-state index contributed by atoms with van der Waals surface area (Å²) in [6.45, 7) is 0.450. The predicted molar refractivity (Wildman–Crippen MR) is 124 cm³/mol. The fourth-order valence-electron chi connectivity index (χ4n) is 5.57. The number of methoxy groups -OCH3 is 4. The molecule has 2 aromatic rings. The third-order valence-electron chi connectivity index (χ3n) is 7.19. The number of amides is 1. The molecule has 1 aliphatic heterocycles. The Morgan fingerprint density at radius 2 is 1.61 bits per heavy atom. The number of rotatable bonds is 6. The number of nitrogens with zero attached hydrogens (tertiary/aromatic N) is 1. The number of piperidine rings is 1. The van der Waals surface area contributed by atoms with Gasteiger partial charge in [-0.05, 0) is 49.1 Å². The summed E-state index contributed by atoms with van der Waals surface area (Å²) in [4.78, 5) is 15.7. The van der Waals surface area contributed by atoms with Crippen molar-refractivity contribution in [3.8, 4) is 23.0 Å². The van der Waals surface area contributed by atoms with E-state index in [1.165, 1.54) is 0 Å². The SMILES string of the molecule is COc1ccccc1C(=O)N1CCC2(O)CCCCC2C1c1cc(OC)c(OC)c(OC)c1. The van der Waals surface area contributed by atoms with E-state index in [-0.39, 0.29) is 17.9 Å². The summed E-state index contributed by atoms with van der Waals surface area (Å²) < 4.78 is 22.2. The van der Waals surface area contributed by atoms with Gasteiger partial charge in [-0.15, -0.1) is 0 Å². The largest absolute Gasteiger partial charge is 0.496 e. The summed E-state index contributed by atoms with van der Waals surface area (Å²) >= 11 is 0. The summed E-state index contributed by atoms with van der Waals surface area (Å²) in [5.41, 5.74) is 0.567. The van der Waals surface area contributed by atoms with E-state index >= 15 is 0 Å². The Bertz CT molecular complexity index is 983. The highest BCUT2D eigenvalue weighted by atomic mass is 16.5. The van der Waals surface area contributed by atoms with Crippen molar-refractivity contribution in [1.82, 2.24) is 4.90 Å². The summed E-state index contributed by atoms with van der Waals surface area (Å²) in [5.74, 6) is 1.89. The maximum atomic E-state index is 13.9. The van der Waals surface area contributed by atoms with Gasteiger partial charge in [0.1, 0.15) is 5.75 Å². The first kappa shape index (κ1) is 23.2. The number of hydrogen-bond acceptors (Lipinski definition) is 6. The Hall–Kier alpha value is -2.93. The minimum absolute atomic E-state index is 0.0959. The first-order valence-electron chi connectivity index (χ1n) is 11.4. The molecule has 1 amide bonds. The number of hydrogen-bond donors (Lipinski definition) is 1. The van der Waals surface area contributed by atoms with Gasteiger partial charge in [0.2, 0.25) is 5.75 Å². The second kappa shape index (κ2) is 9.51. The van der Waals surface area contributed by atoms with Crippen LogP contribution < -0.4 is 18.9 Å². The van der Waals surface area contributed by atoms with Gasteiger partial charge in [-0.2, -0.15) is 0 Å². The van der Waals surface area contributed by atoms with Crippen LogP contribution in [-0.2, 0) is 0 Å². The quantitative estimate of drug-likeness (QED) is 0.703. The van der Waals surface area contributed by atoms with Gasteiger partial charge in [0, 0.05) is 12.5 Å². The molecule has 7 nitrogen and oxygen atoms in total. The summed E-state index contributed by atoms with van der Waals surface area (Å²) in [6.07, 6.45) is 4.16. The van der Waals surface area contributed by atoms with E-state index in [4.69, 9.17) is 18.9 Å². The first-order chi connectivity index (χ1) is 16.0. The van der Waals surface area contributed by atoms with Crippen LogP contribution in [0.3, 0.4) is 0 Å². The molecule has 33 heavy (non-hydrogen) atoms. The predicted octanol–water partition coefficient (Wildman–Crippen LogP) is 4.23. The molecule has 2 fully saturated rings. The maximum absolute atomic E-state index is 13.9. The van der Waals surface area contributed by atoms with Crippen LogP contribution in [0.1, 0.15) is 54.1 Å². The highest BCUT2D eigenvalue weighted by Crippen LogP contribution is 2.52. The van der Waals surface area contributed by atoms with E-state index in [2.05, 4.69) is 0 Å². The van der Waals surface area contributed by atoms with Gasteiger partial charge in [0.25, 0.3) is 5.91 Å². The molecule has 1 N–H and O–H groups in total. The summed E-state index contributed by atoms with van der Waals surface area (Å²) in [5, 5.41) is 11.6. The van der Waals surface area contributed by atoms with Gasteiger partial charge in [-0.3, -0.25) is 4.79 Å². The Kier molecular flexibility index (Phi) is 6.70. The number of likely N-dealkylation sites (tertiary alicyclic amines) is 1. The molecule has 0 bridgehead atoms. The molecule has 1 heterocycles. The number of ether oxygens (including phenoxy) is 4. The standard InChI is InChI=1S/C26H33NO6/c1-30-20-11-6-5-9-18(20)25(28)27-14-13-26(29)12-8-7-10-19(26)23(27)17-15-21(31-2)24(33-4)22(16-17)32-3/h5-6,9,11,15-16,19,23,29H,7-8,10,12-14H2,1-4H3. The average Bonchev–Trinajstić information content (AvgIpc) is 2.86. The Balaban J connectivity index is 1.85. The second-order valence-electron chi connectivity index (χ2n) is 8.81. The zero-order valence-electron chi connectivity index (χ0n) is 19.8. The normalized spacial score (nSPS) is 24.6. The van der Waals surface area contributed by atoms with Crippen molar-refractivity contribution in [2.45, 2.75) is 43.7 Å². The number of benzene rings is 2. The highest BCUT2D eigenvalue weighted by molar-refractivity contribution is 5.97. The monoisotopic (exact) mass is 455 g/mol. The van der Waals surface area contributed by atoms with Crippen molar-refractivity contribution in [3.63, 3.8) is 0 Å². The number of carbonyl (C=O) groups excluding carboxylic acids is 1.